The molecule has 4 nitrogen and oxygen atoms in total. The Hall–Kier alpha value is -2.11. The number of hydrogen-bond donors (Lipinski definition) is 0. The fourth-order valence-electron chi connectivity index (χ4n) is 4.31. The number of benzene rings is 2. The third kappa shape index (κ3) is 1.69. The summed E-state index contributed by atoms with van der Waals surface area (Å²) < 4.78 is 27.8. The summed E-state index contributed by atoms with van der Waals surface area (Å²) in [4.78, 5) is 2.75. The van der Waals surface area contributed by atoms with Gasteiger partial charge in [0.2, 0.25) is 0 Å². The number of fused-ring (bicyclic) bond motifs is 5. The third-order valence-corrected chi connectivity index (χ3v) is 7.10. The molecule has 122 valence electrons. The molecule has 1 saturated heterocycles. The first-order valence-corrected chi connectivity index (χ1v) is 9.70. The Morgan fingerprint density at radius 1 is 1.04 bits per heavy atom. The Kier molecular flexibility index (Phi) is 2.80. The minimum absolute atomic E-state index is 0.373. The Bertz CT molecular complexity index is 1080. The van der Waals surface area contributed by atoms with E-state index >= 15 is 0 Å². The van der Waals surface area contributed by atoms with Crippen LogP contribution in [0.3, 0.4) is 0 Å². The van der Waals surface area contributed by atoms with E-state index in [-0.39, 0.29) is 0 Å². The molecule has 5 rings (SSSR count). The van der Waals surface area contributed by atoms with Gasteiger partial charge < -0.3 is 4.90 Å². The normalized spacial score (nSPS) is 22.0. The zero-order chi connectivity index (χ0) is 16.5. The van der Waals surface area contributed by atoms with E-state index in [9.17, 15) is 8.42 Å². The van der Waals surface area contributed by atoms with Gasteiger partial charge in [-0.25, -0.2) is 12.4 Å². The van der Waals surface area contributed by atoms with Crippen LogP contribution in [0.4, 0.5) is 0 Å². The predicted octanol–water partition coefficient (Wildman–Crippen LogP) is 3.28. The van der Waals surface area contributed by atoms with Gasteiger partial charge in [-0.15, -0.1) is 0 Å². The van der Waals surface area contributed by atoms with Crippen LogP contribution in [-0.4, -0.2) is 37.4 Å². The number of aromatic nitrogens is 1. The first-order valence-electron chi connectivity index (χ1n) is 8.26. The molecule has 0 radical (unpaired) electrons. The van der Waals surface area contributed by atoms with Gasteiger partial charge in [0.05, 0.1) is 16.1 Å². The Morgan fingerprint density at radius 2 is 1.79 bits per heavy atom. The highest BCUT2D eigenvalue weighted by molar-refractivity contribution is 7.90. The second-order valence-corrected chi connectivity index (χ2v) is 8.55. The summed E-state index contributed by atoms with van der Waals surface area (Å²) >= 11 is 0. The van der Waals surface area contributed by atoms with Crippen molar-refractivity contribution in [3.8, 4) is 11.3 Å². The molecule has 0 bridgehead atoms. The molecule has 24 heavy (non-hydrogen) atoms. The van der Waals surface area contributed by atoms with Gasteiger partial charge in [-0.1, -0.05) is 36.4 Å². The minimum atomic E-state index is -3.51. The lowest BCUT2D eigenvalue weighted by molar-refractivity contribution is 0.412. The van der Waals surface area contributed by atoms with Gasteiger partial charge in [-0.05, 0) is 37.7 Å². The van der Waals surface area contributed by atoms with Crippen LogP contribution in [0.5, 0.6) is 0 Å². The van der Waals surface area contributed by atoms with Gasteiger partial charge >= 0.3 is 0 Å². The minimum Gasteiger partial charge on any atom is -0.306 e. The van der Waals surface area contributed by atoms with Gasteiger partial charge in [-0.3, -0.25) is 0 Å². The Balaban J connectivity index is 1.93. The fourth-order valence-corrected chi connectivity index (χ4v) is 6.05. The van der Waals surface area contributed by atoms with Crippen molar-refractivity contribution in [1.29, 1.82) is 0 Å². The van der Waals surface area contributed by atoms with E-state index < -0.39 is 10.0 Å². The lowest BCUT2D eigenvalue weighted by atomic mass is 9.92. The van der Waals surface area contributed by atoms with Crippen LogP contribution in [0.1, 0.15) is 17.9 Å². The average molecular weight is 338 g/mol. The molecule has 0 saturated carbocycles. The predicted molar refractivity (Wildman–Crippen MR) is 94.8 cm³/mol. The van der Waals surface area contributed by atoms with Crippen molar-refractivity contribution < 1.29 is 8.42 Å². The first-order chi connectivity index (χ1) is 11.6. The van der Waals surface area contributed by atoms with Crippen LogP contribution in [0.2, 0.25) is 0 Å². The average Bonchev–Trinajstić information content (AvgIpc) is 3.21. The molecule has 1 fully saturated rings. The monoisotopic (exact) mass is 338 g/mol. The smallest absolute Gasteiger partial charge is 0.269 e. The van der Waals surface area contributed by atoms with Gasteiger partial charge in [-0.2, -0.15) is 0 Å². The van der Waals surface area contributed by atoms with Crippen LogP contribution in [0.25, 0.3) is 22.2 Å². The standard InChI is InChI=1S/C19H18N2O2S/c1-20-11-10-13(12-20)18-14-6-2-4-8-16(14)21-19(18)15-7-3-5-9-17(15)24(21,22)23/h2-9,13H,10-12H2,1H3. The molecular formula is C19H18N2O2S. The molecule has 5 heteroatoms. The molecule has 3 aromatic rings. The van der Waals surface area contributed by atoms with Gasteiger partial charge in [0, 0.05) is 23.4 Å². The summed E-state index contributed by atoms with van der Waals surface area (Å²) in [5.74, 6) is 0.373. The molecule has 1 unspecified atom stereocenters. The van der Waals surface area contributed by atoms with Crippen molar-refractivity contribution in [3.63, 3.8) is 0 Å². The molecule has 3 heterocycles. The molecule has 2 aliphatic rings. The number of para-hydroxylation sites is 1. The van der Waals surface area contributed by atoms with Crippen LogP contribution in [0.15, 0.2) is 53.4 Å². The van der Waals surface area contributed by atoms with E-state index in [1.54, 1.807) is 16.1 Å². The summed E-state index contributed by atoms with van der Waals surface area (Å²) in [6, 6.07) is 15.3. The van der Waals surface area contributed by atoms with E-state index in [1.165, 1.54) is 5.56 Å². The van der Waals surface area contributed by atoms with E-state index in [0.29, 0.717) is 10.8 Å². The lowest BCUT2D eigenvalue weighted by Gasteiger charge is -2.12. The topological polar surface area (TPSA) is 42.3 Å². The molecule has 0 N–H and O–H groups in total. The third-order valence-electron chi connectivity index (χ3n) is 5.33. The Labute approximate surface area is 141 Å². The number of likely N-dealkylation sites (tertiary alicyclic amines) is 1. The van der Waals surface area contributed by atoms with Crippen molar-refractivity contribution in [2.45, 2.75) is 17.2 Å². The number of rotatable bonds is 1. The number of nitrogens with zero attached hydrogens (tertiary/aromatic N) is 2. The maximum Gasteiger partial charge on any atom is 0.269 e. The van der Waals surface area contributed by atoms with Crippen molar-refractivity contribution in [3.05, 3.63) is 54.1 Å². The molecule has 0 aliphatic carbocycles. The molecule has 0 spiro atoms. The highest BCUT2D eigenvalue weighted by Crippen LogP contribution is 2.48. The number of likely N-dealkylation sites (N-methyl/N-ethyl adjacent to an activating group) is 1. The van der Waals surface area contributed by atoms with E-state index in [1.807, 2.05) is 30.3 Å². The van der Waals surface area contributed by atoms with E-state index in [2.05, 4.69) is 18.0 Å². The van der Waals surface area contributed by atoms with Crippen molar-refractivity contribution in [2.24, 2.45) is 0 Å². The van der Waals surface area contributed by atoms with Crippen LogP contribution >= 0.6 is 0 Å². The zero-order valence-corrected chi connectivity index (χ0v) is 14.3. The summed E-state index contributed by atoms with van der Waals surface area (Å²) in [5, 5.41) is 1.07. The highest BCUT2D eigenvalue weighted by atomic mass is 32.2. The van der Waals surface area contributed by atoms with Crippen LogP contribution in [-0.2, 0) is 10.0 Å². The largest absolute Gasteiger partial charge is 0.306 e. The zero-order valence-electron chi connectivity index (χ0n) is 13.4. The Morgan fingerprint density at radius 3 is 2.58 bits per heavy atom. The summed E-state index contributed by atoms with van der Waals surface area (Å²) in [6.45, 7) is 2.03. The van der Waals surface area contributed by atoms with Gasteiger partial charge in [0.25, 0.3) is 10.0 Å². The molecule has 1 atom stereocenters. The van der Waals surface area contributed by atoms with Crippen LogP contribution in [0, 0.1) is 0 Å². The maximum atomic E-state index is 13.1. The number of hydrogen-bond acceptors (Lipinski definition) is 3. The van der Waals surface area contributed by atoms with Gasteiger partial charge in [0.1, 0.15) is 0 Å². The fraction of sp³-hybridized carbons (Fsp3) is 0.263. The summed E-state index contributed by atoms with van der Waals surface area (Å²) in [7, 11) is -1.38. The van der Waals surface area contributed by atoms with Crippen molar-refractivity contribution in [1.82, 2.24) is 8.87 Å². The molecular weight excluding hydrogens is 320 g/mol. The summed E-state index contributed by atoms with van der Waals surface area (Å²) in [6.07, 6.45) is 1.07. The highest BCUT2D eigenvalue weighted by Gasteiger charge is 2.39. The molecule has 0 amide bonds. The van der Waals surface area contributed by atoms with E-state index in [4.69, 9.17) is 0 Å². The summed E-state index contributed by atoms with van der Waals surface area (Å²) in [5.41, 5.74) is 3.72. The second-order valence-electron chi connectivity index (χ2n) is 6.79. The molecule has 2 aromatic carbocycles. The second kappa shape index (κ2) is 4.71. The maximum absolute atomic E-state index is 13.1. The molecule has 1 aromatic heterocycles. The van der Waals surface area contributed by atoms with Crippen molar-refractivity contribution in [2.75, 3.05) is 20.1 Å². The first kappa shape index (κ1) is 14.3. The van der Waals surface area contributed by atoms with E-state index in [0.717, 1.165) is 41.7 Å². The quantitative estimate of drug-likeness (QED) is 0.535. The van der Waals surface area contributed by atoms with Gasteiger partial charge in [0.15, 0.2) is 0 Å². The lowest BCUT2D eigenvalue weighted by Crippen LogP contribution is -2.13. The van der Waals surface area contributed by atoms with Crippen molar-refractivity contribution >= 4 is 20.9 Å². The molecule has 2 aliphatic heterocycles. The van der Waals surface area contributed by atoms with Crippen LogP contribution < -0.4 is 0 Å². The SMILES string of the molecule is CN1CCC(c2c3n(c4ccccc24)S(=O)(=O)c2ccccc2-3)C1.